The van der Waals surface area contributed by atoms with Crippen LogP contribution >= 0.6 is 0 Å². The molecular formula is C64H46. The number of rotatable bonds is 4. The predicted molar refractivity (Wildman–Crippen MR) is 273 cm³/mol. The van der Waals surface area contributed by atoms with E-state index in [4.69, 9.17) is 0 Å². The molecule has 0 atom stereocenters. The molecule has 0 spiro atoms. The van der Waals surface area contributed by atoms with Gasteiger partial charge in [-0.15, -0.1) is 0 Å². The van der Waals surface area contributed by atoms with E-state index < -0.39 is 0 Å². The molecule has 0 heteroatoms. The normalized spacial score (nSPS) is 14.2. The summed E-state index contributed by atoms with van der Waals surface area (Å²) in [5.41, 5.74) is 20.7. The zero-order valence-electron chi connectivity index (χ0n) is 36.6. The minimum Gasteiger partial charge on any atom is -0.0619 e. The van der Waals surface area contributed by atoms with E-state index in [9.17, 15) is 0 Å². The highest BCUT2D eigenvalue weighted by molar-refractivity contribution is 6.23. The van der Waals surface area contributed by atoms with Crippen molar-refractivity contribution in [1.82, 2.24) is 0 Å². The highest BCUT2D eigenvalue weighted by atomic mass is 14.4. The van der Waals surface area contributed by atoms with Crippen LogP contribution in [0.25, 0.3) is 110 Å². The highest BCUT2D eigenvalue weighted by Crippen LogP contribution is 2.56. The quantitative estimate of drug-likeness (QED) is 0.155. The number of hydrogen-bond donors (Lipinski definition) is 0. The van der Waals surface area contributed by atoms with Crippen LogP contribution in [0.15, 0.2) is 206 Å². The van der Waals surface area contributed by atoms with Gasteiger partial charge in [-0.2, -0.15) is 0 Å². The molecule has 0 fully saturated rings. The molecule has 0 amide bonds. The van der Waals surface area contributed by atoms with E-state index in [2.05, 4.69) is 234 Å². The third kappa shape index (κ3) is 5.23. The van der Waals surface area contributed by atoms with E-state index in [0.717, 1.165) is 0 Å². The molecule has 0 aromatic heterocycles. The Morgan fingerprint density at radius 2 is 0.562 bits per heavy atom. The lowest BCUT2D eigenvalue weighted by molar-refractivity contribution is 0.661. The fourth-order valence-corrected chi connectivity index (χ4v) is 11.8. The first-order valence-corrected chi connectivity index (χ1v) is 22.7. The van der Waals surface area contributed by atoms with Crippen LogP contribution in [0.3, 0.4) is 0 Å². The van der Waals surface area contributed by atoms with Crippen molar-refractivity contribution in [3.63, 3.8) is 0 Å². The molecule has 0 saturated heterocycles. The Bertz CT molecular complexity index is 3610. The summed E-state index contributed by atoms with van der Waals surface area (Å²) in [5.74, 6) is 0. The summed E-state index contributed by atoms with van der Waals surface area (Å²) in [6.07, 6.45) is 0. The third-order valence-corrected chi connectivity index (χ3v) is 15.1. The Hall–Kier alpha value is -7.54. The summed E-state index contributed by atoms with van der Waals surface area (Å²) in [6, 6.07) is 78.0. The Kier molecular flexibility index (Phi) is 7.80. The van der Waals surface area contributed by atoms with E-state index in [1.54, 1.807) is 0 Å². The molecule has 0 bridgehead atoms. The van der Waals surface area contributed by atoms with Crippen molar-refractivity contribution in [1.29, 1.82) is 0 Å². The lowest BCUT2D eigenvalue weighted by Crippen LogP contribution is -2.15. The minimum atomic E-state index is -0.146. The van der Waals surface area contributed by atoms with Crippen LogP contribution in [0.2, 0.25) is 0 Å². The molecule has 0 radical (unpaired) electrons. The molecule has 2 aliphatic carbocycles. The summed E-state index contributed by atoms with van der Waals surface area (Å²) in [5, 5.41) is 10.2. The molecule has 0 nitrogen and oxygen atoms in total. The van der Waals surface area contributed by atoms with Gasteiger partial charge >= 0.3 is 0 Å². The van der Waals surface area contributed by atoms with E-state index in [1.807, 2.05) is 0 Å². The molecule has 0 heterocycles. The van der Waals surface area contributed by atoms with Crippen LogP contribution in [-0.2, 0) is 10.8 Å². The van der Waals surface area contributed by atoms with Crippen molar-refractivity contribution in [2.45, 2.75) is 38.5 Å². The lowest BCUT2D eigenvalue weighted by atomic mass is 9.77. The molecule has 0 N–H and O–H groups in total. The van der Waals surface area contributed by atoms with Crippen molar-refractivity contribution < 1.29 is 0 Å². The first-order chi connectivity index (χ1) is 31.3. The maximum Gasteiger partial charge on any atom is 0.0159 e. The topological polar surface area (TPSA) is 0 Å². The number of fused-ring (bicyclic) bond motifs is 10. The first kappa shape index (κ1) is 37.1. The SMILES string of the molecule is CC1(C)c2ccccc2-c2cc3c(-c4ccc(-c5cccc6ccccc56)cc4)c4cc5c(cc4c(-c4ccc(-c6cccc7ccccc67)cc4)c3cc21)C(C)(C)c1ccccc1-5. The molecule has 11 aromatic rings. The van der Waals surface area contributed by atoms with Crippen molar-refractivity contribution in [3.8, 4) is 66.8 Å². The summed E-state index contributed by atoms with van der Waals surface area (Å²) in [6.45, 7) is 9.62. The predicted octanol–water partition coefficient (Wildman–Crippen LogP) is 17.6. The second-order valence-corrected chi connectivity index (χ2v) is 19.2. The first-order valence-electron chi connectivity index (χ1n) is 22.7. The van der Waals surface area contributed by atoms with Crippen LogP contribution in [0.5, 0.6) is 0 Å². The third-order valence-electron chi connectivity index (χ3n) is 15.1. The van der Waals surface area contributed by atoms with Gasteiger partial charge in [0.15, 0.2) is 0 Å². The molecule has 2 aliphatic rings. The zero-order valence-corrected chi connectivity index (χ0v) is 36.6. The van der Waals surface area contributed by atoms with E-state index in [-0.39, 0.29) is 10.8 Å². The summed E-state index contributed by atoms with van der Waals surface area (Å²) in [4.78, 5) is 0. The maximum absolute atomic E-state index is 2.57. The van der Waals surface area contributed by atoms with Gasteiger partial charge in [-0.25, -0.2) is 0 Å². The standard InChI is InChI=1S/C64H46/c1-63(2)57-25-11-9-21-49(57)51-35-53-55(37-59(51)63)62(44-33-29-42(30-34-44)48-24-14-18-40-16-6-8-20-46(40)48)56-38-60-52(50-22-10-12-26-58(50)64(60,3)4)36-54(56)61(53)43-31-27-41(28-32-43)47-23-13-17-39-15-5-7-19-45(39)47/h5-38H,1-4H3. The van der Waals surface area contributed by atoms with E-state index in [0.29, 0.717) is 0 Å². The molecule has 0 unspecified atom stereocenters. The smallest absolute Gasteiger partial charge is 0.0159 e. The summed E-state index contributed by atoms with van der Waals surface area (Å²) < 4.78 is 0. The average Bonchev–Trinajstić information content (AvgIpc) is 3.70. The highest BCUT2D eigenvalue weighted by Gasteiger charge is 2.38. The minimum absolute atomic E-state index is 0.146. The second-order valence-electron chi connectivity index (χ2n) is 19.2. The molecule has 64 heavy (non-hydrogen) atoms. The van der Waals surface area contributed by atoms with Gasteiger partial charge in [-0.3, -0.25) is 0 Å². The van der Waals surface area contributed by atoms with Crippen LogP contribution in [0.1, 0.15) is 49.9 Å². The molecule has 11 aromatic carbocycles. The molecular weight excluding hydrogens is 769 g/mol. The van der Waals surface area contributed by atoms with Crippen molar-refractivity contribution in [2.24, 2.45) is 0 Å². The Morgan fingerprint density at radius 3 is 1.00 bits per heavy atom. The van der Waals surface area contributed by atoms with Crippen LogP contribution < -0.4 is 0 Å². The van der Waals surface area contributed by atoms with Crippen LogP contribution in [-0.4, -0.2) is 0 Å². The van der Waals surface area contributed by atoms with Gasteiger partial charge in [0.1, 0.15) is 0 Å². The monoisotopic (exact) mass is 814 g/mol. The zero-order chi connectivity index (χ0) is 42.9. The fraction of sp³-hybridized carbons (Fsp3) is 0.0938. The van der Waals surface area contributed by atoms with Crippen LogP contribution in [0, 0.1) is 0 Å². The molecule has 302 valence electrons. The summed E-state index contributed by atoms with van der Waals surface area (Å²) in [7, 11) is 0. The Labute approximate surface area is 375 Å². The van der Waals surface area contributed by atoms with Gasteiger partial charge < -0.3 is 0 Å². The Morgan fingerprint density at radius 1 is 0.234 bits per heavy atom. The lowest BCUT2D eigenvalue weighted by Gasteiger charge is -2.25. The maximum atomic E-state index is 2.57. The van der Waals surface area contributed by atoms with Gasteiger partial charge in [0.25, 0.3) is 0 Å². The molecule has 0 aliphatic heterocycles. The van der Waals surface area contributed by atoms with E-state index in [1.165, 1.54) is 132 Å². The average molecular weight is 815 g/mol. The number of benzene rings is 11. The fourth-order valence-electron chi connectivity index (χ4n) is 11.8. The summed E-state index contributed by atoms with van der Waals surface area (Å²) >= 11 is 0. The van der Waals surface area contributed by atoms with Crippen LogP contribution in [0.4, 0.5) is 0 Å². The van der Waals surface area contributed by atoms with Crippen molar-refractivity contribution in [2.75, 3.05) is 0 Å². The largest absolute Gasteiger partial charge is 0.0619 e. The van der Waals surface area contributed by atoms with Crippen molar-refractivity contribution >= 4 is 43.1 Å². The molecule has 13 rings (SSSR count). The molecule has 0 saturated carbocycles. The second kappa shape index (κ2) is 13.5. The van der Waals surface area contributed by atoms with E-state index >= 15 is 0 Å². The number of hydrogen-bond acceptors (Lipinski definition) is 0. The van der Waals surface area contributed by atoms with Crippen molar-refractivity contribution in [3.05, 3.63) is 229 Å². The van der Waals surface area contributed by atoms with Gasteiger partial charge in [-0.1, -0.05) is 210 Å². The van der Waals surface area contributed by atoms with Gasteiger partial charge in [0, 0.05) is 10.8 Å². The van der Waals surface area contributed by atoms with Gasteiger partial charge in [-0.05, 0) is 156 Å². The Balaban J connectivity index is 1.13. The van der Waals surface area contributed by atoms with Gasteiger partial charge in [0.2, 0.25) is 0 Å². The van der Waals surface area contributed by atoms with Gasteiger partial charge in [0.05, 0.1) is 0 Å².